The lowest BCUT2D eigenvalue weighted by Crippen LogP contribution is -2.45. The number of nitrogens with two attached hydrogens (primary N) is 5. The maximum Gasteiger partial charge on any atom is 0.255 e. The highest BCUT2D eigenvalue weighted by atomic mass is 16.5. The molecule has 0 heterocycles. The smallest absolute Gasteiger partial charge is 0.255 e. The summed E-state index contributed by atoms with van der Waals surface area (Å²) in [6, 6.07) is 13.4. The third-order valence-corrected chi connectivity index (χ3v) is 11.9. The maximum absolute atomic E-state index is 14.2. The number of amides is 8. The van der Waals surface area contributed by atoms with Crippen LogP contribution in [-0.2, 0) is 19.2 Å². The Hall–Kier alpha value is -10.4. The molecular formula is C53H72N18O12. The first-order valence-electron chi connectivity index (χ1n) is 25.8. The second-order valence-electron chi connectivity index (χ2n) is 18.1. The molecule has 0 saturated heterocycles. The predicted octanol–water partition coefficient (Wildman–Crippen LogP) is 0.108. The number of methoxy groups -OCH3 is 3. The van der Waals surface area contributed by atoms with E-state index in [1.807, 2.05) is 0 Å². The molecule has 0 aliphatic heterocycles. The monoisotopic (exact) mass is 1150 g/mol. The zero-order chi connectivity index (χ0) is 61.2. The molecule has 83 heavy (non-hydrogen) atoms. The lowest BCUT2D eigenvalue weighted by atomic mass is 10.1. The second kappa shape index (κ2) is 32.6. The van der Waals surface area contributed by atoms with Crippen LogP contribution in [0.4, 0.5) is 22.7 Å². The molecule has 8 amide bonds. The molecule has 4 aromatic rings. The van der Waals surface area contributed by atoms with Crippen LogP contribution in [0, 0.1) is 16.2 Å². The van der Waals surface area contributed by atoms with Crippen LogP contribution >= 0.6 is 0 Å². The van der Waals surface area contributed by atoms with Gasteiger partial charge in [0.05, 0.1) is 62.8 Å². The van der Waals surface area contributed by atoms with E-state index in [1.165, 1.54) is 94.1 Å². The molecule has 0 spiro atoms. The normalized spacial score (nSPS) is 11.6. The third kappa shape index (κ3) is 21.0. The number of ether oxygens (including phenoxy) is 4. The molecule has 30 heteroatoms. The van der Waals surface area contributed by atoms with Gasteiger partial charge in [0.25, 0.3) is 23.6 Å². The lowest BCUT2D eigenvalue weighted by Gasteiger charge is -2.21. The fourth-order valence-electron chi connectivity index (χ4n) is 7.87. The minimum atomic E-state index is -1.29. The van der Waals surface area contributed by atoms with Gasteiger partial charge < -0.3 is 101 Å². The number of hydrogen-bond donors (Lipinski definition) is 18. The Bertz CT molecular complexity index is 3030. The summed E-state index contributed by atoms with van der Waals surface area (Å²) in [5.41, 5.74) is 28.1. The largest absolute Gasteiger partial charge is 0.496 e. The van der Waals surface area contributed by atoms with E-state index in [-0.39, 0.29) is 138 Å². The van der Waals surface area contributed by atoms with Crippen molar-refractivity contribution in [2.45, 2.75) is 63.6 Å². The Labute approximate surface area is 477 Å². The van der Waals surface area contributed by atoms with Crippen LogP contribution < -0.4 is 101 Å². The van der Waals surface area contributed by atoms with Gasteiger partial charge >= 0.3 is 0 Å². The van der Waals surface area contributed by atoms with Gasteiger partial charge in [0.15, 0.2) is 17.9 Å². The van der Waals surface area contributed by atoms with Gasteiger partial charge in [-0.05, 0) is 118 Å². The van der Waals surface area contributed by atoms with Crippen molar-refractivity contribution in [1.29, 1.82) is 16.2 Å². The van der Waals surface area contributed by atoms with Crippen LogP contribution in [0.5, 0.6) is 23.0 Å². The molecule has 0 aliphatic carbocycles. The number of carbonyl (C=O) groups excluding carboxylic acids is 8. The lowest BCUT2D eigenvalue weighted by molar-refractivity contribution is -0.118. The Morgan fingerprint density at radius 3 is 1.24 bits per heavy atom. The van der Waals surface area contributed by atoms with Gasteiger partial charge in [-0.1, -0.05) is 0 Å². The summed E-state index contributed by atoms with van der Waals surface area (Å²) in [6.07, 6.45) is 1.21. The number of nitrogens with one attached hydrogen (secondary N) is 13. The van der Waals surface area contributed by atoms with E-state index in [2.05, 4.69) is 53.2 Å². The van der Waals surface area contributed by atoms with Crippen molar-refractivity contribution >= 4 is 87.9 Å². The number of primary amides is 1. The number of benzene rings is 4. The van der Waals surface area contributed by atoms with E-state index in [1.54, 1.807) is 6.92 Å². The molecule has 30 nitrogen and oxygen atoms in total. The van der Waals surface area contributed by atoms with Crippen LogP contribution in [0.15, 0.2) is 72.8 Å². The van der Waals surface area contributed by atoms with Gasteiger partial charge in [-0.2, -0.15) is 0 Å². The van der Waals surface area contributed by atoms with Gasteiger partial charge in [0, 0.05) is 42.4 Å². The standard InChI is InChI=1S/C53H72N18O12/c1-5-83-42-19-15-28(66-43(72)27-65-45(74)33-25-30(13-17-40(33)81-3)67-48(77)36(54)9-6-20-62-51(56)57)24-35(42)47(76)71-38(11-8-22-64-53(60)61)50(79)69-31-14-18-41(82-4)34(26-31)46(75)70-37(10-7-21-63-52(58)59)49(78)68-29-12-16-39(80-2)32(23-29)44(55)73/h12-19,23-26,36-38H,5-11,20-22,27,54H2,1-4H3,(H2,55,73)(H,65,74)(H,66,72)(H,67,77)(H,68,78)(H,69,79)(H,70,75)(H,71,76)(H4,56,57,62)(H4,58,59,63)(H4,60,61,64)/t36-,37-,38-/m1/s1. The molecule has 23 N–H and O–H groups in total. The molecule has 3 atom stereocenters. The number of carbonyl (C=O) groups is 8. The minimum absolute atomic E-state index is 0.00750. The molecule has 446 valence electrons. The predicted molar refractivity (Wildman–Crippen MR) is 310 cm³/mol. The molecule has 0 aliphatic rings. The summed E-state index contributed by atoms with van der Waals surface area (Å²) in [6.45, 7) is 1.91. The van der Waals surface area contributed by atoms with Crippen molar-refractivity contribution in [2.75, 3.05) is 75.4 Å². The van der Waals surface area contributed by atoms with Gasteiger partial charge in [0.2, 0.25) is 23.6 Å². The van der Waals surface area contributed by atoms with Crippen molar-refractivity contribution < 1.29 is 57.3 Å². The molecule has 0 aromatic heterocycles. The summed E-state index contributed by atoms with van der Waals surface area (Å²) in [4.78, 5) is 108. The van der Waals surface area contributed by atoms with Gasteiger partial charge in [0.1, 0.15) is 35.1 Å². The van der Waals surface area contributed by atoms with Crippen molar-refractivity contribution in [3.8, 4) is 23.0 Å². The quantitative estimate of drug-likeness (QED) is 0.0175. The zero-order valence-electron chi connectivity index (χ0n) is 46.2. The number of guanidine groups is 3. The van der Waals surface area contributed by atoms with Gasteiger partial charge in [-0.15, -0.1) is 0 Å². The molecule has 4 rings (SSSR count). The van der Waals surface area contributed by atoms with E-state index < -0.39 is 71.9 Å². The Morgan fingerprint density at radius 1 is 0.470 bits per heavy atom. The molecular weight excluding hydrogens is 1080 g/mol. The molecule has 0 radical (unpaired) electrons. The van der Waals surface area contributed by atoms with Gasteiger partial charge in [-0.25, -0.2) is 0 Å². The minimum Gasteiger partial charge on any atom is -0.496 e. The number of anilines is 4. The molecule has 0 saturated carbocycles. The molecule has 0 fully saturated rings. The SMILES string of the molecule is CCOc1ccc(NC(=O)CNC(=O)c2cc(NC(=O)[C@H](N)CCCNC(=N)N)ccc2OC)cc1C(=O)N[C@H](CCCNC(=N)N)C(=O)Nc1ccc(OC)c(C(=O)N[C@H](CCCNC(=N)N)C(=O)Nc2ccc(OC)c(C(N)=O)c2)c1. The first-order valence-corrected chi connectivity index (χ1v) is 25.8. The van der Waals surface area contributed by atoms with Crippen LogP contribution in [0.25, 0.3) is 0 Å². The van der Waals surface area contributed by atoms with Crippen LogP contribution in [0.1, 0.15) is 86.9 Å². The first-order chi connectivity index (χ1) is 39.6. The number of hydrogen-bond acceptors (Lipinski definition) is 16. The van der Waals surface area contributed by atoms with E-state index in [0.29, 0.717) is 13.0 Å². The average molecular weight is 1150 g/mol. The Balaban J connectivity index is 1.52. The second-order valence-corrected chi connectivity index (χ2v) is 18.1. The summed E-state index contributed by atoms with van der Waals surface area (Å²) < 4.78 is 21.8. The summed E-state index contributed by atoms with van der Waals surface area (Å²) in [5, 5.41) is 48.8. The molecule has 0 unspecified atom stereocenters. The van der Waals surface area contributed by atoms with E-state index in [0.717, 1.165) is 0 Å². The van der Waals surface area contributed by atoms with Crippen LogP contribution in [-0.4, -0.2) is 137 Å². The maximum atomic E-state index is 14.2. The van der Waals surface area contributed by atoms with E-state index >= 15 is 0 Å². The highest BCUT2D eigenvalue weighted by Crippen LogP contribution is 2.27. The average Bonchev–Trinajstić information content (AvgIpc) is 3.53. The fourth-order valence-corrected chi connectivity index (χ4v) is 7.87. The molecule has 0 bridgehead atoms. The Morgan fingerprint density at radius 2 is 0.831 bits per heavy atom. The van der Waals surface area contributed by atoms with Crippen LogP contribution in [0.3, 0.4) is 0 Å². The van der Waals surface area contributed by atoms with E-state index in [4.69, 9.17) is 63.8 Å². The van der Waals surface area contributed by atoms with E-state index in [9.17, 15) is 38.4 Å². The highest BCUT2D eigenvalue weighted by Gasteiger charge is 2.28. The Kier molecular flexibility index (Phi) is 25.6. The number of rotatable bonds is 32. The van der Waals surface area contributed by atoms with Crippen molar-refractivity contribution in [3.63, 3.8) is 0 Å². The topological polar surface area (TPSA) is 495 Å². The summed E-state index contributed by atoms with van der Waals surface area (Å²) in [5.74, 6) is -6.20. The fraction of sp³-hybridized carbons (Fsp3) is 0.340. The van der Waals surface area contributed by atoms with Crippen molar-refractivity contribution in [2.24, 2.45) is 28.7 Å². The highest BCUT2D eigenvalue weighted by molar-refractivity contribution is 6.07. The molecule has 4 aromatic carbocycles. The summed E-state index contributed by atoms with van der Waals surface area (Å²) >= 11 is 0. The van der Waals surface area contributed by atoms with Crippen molar-refractivity contribution in [1.82, 2.24) is 31.9 Å². The van der Waals surface area contributed by atoms with Gasteiger partial charge in [-0.3, -0.25) is 54.6 Å². The van der Waals surface area contributed by atoms with Crippen molar-refractivity contribution in [3.05, 3.63) is 95.1 Å². The summed E-state index contributed by atoms with van der Waals surface area (Å²) in [7, 11) is 3.99. The van der Waals surface area contributed by atoms with Crippen LogP contribution in [0.2, 0.25) is 0 Å². The first kappa shape index (κ1) is 65.1. The zero-order valence-corrected chi connectivity index (χ0v) is 46.2. The third-order valence-electron chi connectivity index (χ3n) is 11.9.